The molecule has 0 aliphatic carbocycles. The standard InChI is InChI=1S/C17H17FN2O3S/c18-12-5-1-3-7-14(12)23-10-9-17(22)20-13-6-2-4-8-15(13)24-11-16(19)21/h1-8H,9-11H2,(H2,19,21)(H,20,22). The van der Waals surface area contributed by atoms with Gasteiger partial charge in [0.15, 0.2) is 11.6 Å². The number of carbonyl (C=O) groups excluding carboxylic acids is 2. The lowest BCUT2D eigenvalue weighted by Crippen LogP contribution is -2.16. The van der Waals surface area contributed by atoms with Crippen molar-refractivity contribution in [1.29, 1.82) is 0 Å². The molecule has 7 heteroatoms. The van der Waals surface area contributed by atoms with E-state index in [0.717, 1.165) is 4.90 Å². The molecule has 0 saturated heterocycles. The minimum absolute atomic E-state index is 0.0589. The normalized spacial score (nSPS) is 10.2. The third kappa shape index (κ3) is 5.58. The number of hydrogen-bond acceptors (Lipinski definition) is 4. The number of carbonyl (C=O) groups is 2. The zero-order valence-corrected chi connectivity index (χ0v) is 13.6. The SMILES string of the molecule is NC(=O)CSc1ccccc1NC(=O)CCOc1ccccc1F. The number of hydrogen-bond donors (Lipinski definition) is 2. The molecule has 0 aromatic heterocycles. The Morgan fingerprint density at radius 3 is 2.58 bits per heavy atom. The molecule has 3 N–H and O–H groups in total. The lowest BCUT2D eigenvalue weighted by atomic mass is 10.3. The maximum Gasteiger partial charge on any atom is 0.227 e. The number of nitrogens with one attached hydrogen (secondary N) is 1. The summed E-state index contributed by atoms with van der Waals surface area (Å²) in [5.74, 6) is -0.921. The van der Waals surface area contributed by atoms with Crippen LogP contribution >= 0.6 is 11.8 Å². The molecule has 0 atom stereocenters. The Bertz CT molecular complexity index is 724. The molecule has 0 radical (unpaired) electrons. The van der Waals surface area contributed by atoms with Crippen LogP contribution in [0.4, 0.5) is 10.1 Å². The van der Waals surface area contributed by atoms with Crippen LogP contribution in [0.3, 0.4) is 0 Å². The van der Waals surface area contributed by atoms with Crippen molar-refractivity contribution in [2.24, 2.45) is 5.73 Å². The van der Waals surface area contributed by atoms with Crippen LogP contribution in [0.15, 0.2) is 53.4 Å². The summed E-state index contributed by atoms with van der Waals surface area (Å²) in [6, 6.07) is 13.1. The Kier molecular flexibility index (Phi) is 6.62. The van der Waals surface area contributed by atoms with Crippen molar-refractivity contribution in [3.05, 3.63) is 54.3 Å². The Hall–Kier alpha value is -2.54. The molecule has 0 aliphatic heterocycles. The van der Waals surface area contributed by atoms with Crippen LogP contribution in [0.2, 0.25) is 0 Å². The molecule has 5 nitrogen and oxygen atoms in total. The van der Waals surface area contributed by atoms with E-state index in [1.807, 2.05) is 0 Å². The lowest BCUT2D eigenvalue weighted by molar-refractivity contribution is -0.117. The van der Waals surface area contributed by atoms with Gasteiger partial charge in [0, 0.05) is 4.90 Å². The average Bonchev–Trinajstić information content (AvgIpc) is 2.56. The van der Waals surface area contributed by atoms with E-state index in [1.54, 1.807) is 36.4 Å². The van der Waals surface area contributed by atoms with Crippen molar-refractivity contribution in [2.75, 3.05) is 17.7 Å². The lowest BCUT2D eigenvalue weighted by Gasteiger charge is -2.11. The summed E-state index contributed by atoms with van der Waals surface area (Å²) in [4.78, 5) is 23.6. The highest BCUT2D eigenvalue weighted by atomic mass is 32.2. The number of amides is 2. The predicted octanol–water partition coefficient (Wildman–Crippen LogP) is 2.81. The largest absolute Gasteiger partial charge is 0.490 e. The fourth-order valence-electron chi connectivity index (χ4n) is 1.87. The van der Waals surface area contributed by atoms with E-state index >= 15 is 0 Å². The number of anilines is 1. The number of rotatable bonds is 8. The molecule has 2 amide bonds. The van der Waals surface area contributed by atoms with Crippen LogP contribution in [-0.4, -0.2) is 24.2 Å². The molecule has 2 rings (SSSR count). The average molecular weight is 348 g/mol. The quantitative estimate of drug-likeness (QED) is 0.719. The smallest absolute Gasteiger partial charge is 0.227 e. The van der Waals surface area contributed by atoms with E-state index in [2.05, 4.69) is 5.32 Å². The molecule has 0 heterocycles. The van der Waals surface area contributed by atoms with Crippen LogP contribution in [0.25, 0.3) is 0 Å². The summed E-state index contributed by atoms with van der Waals surface area (Å²) in [6.45, 7) is 0.0589. The molecule has 0 aliphatic rings. The summed E-state index contributed by atoms with van der Waals surface area (Å²) >= 11 is 1.25. The first kappa shape index (κ1) is 17.8. The molecule has 0 saturated carbocycles. The van der Waals surface area contributed by atoms with Gasteiger partial charge in [-0.1, -0.05) is 24.3 Å². The maximum atomic E-state index is 13.4. The van der Waals surface area contributed by atoms with Gasteiger partial charge in [0.2, 0.25) is 11.8 Å². The number of halogens is 1. The third-order valence-electron chi connectivity index (χ3n) is 2.95. The molecule has 0 bridgehead atoms. The fourth-order valence-corrected chi connectivity index (χ4v) is 2.62. The second-order valence-corrected chi connectivity index (χ2v) is 5.85. The number of nitrogens with two attached hydrogens (primary N) is 1. The minimum Gasteiger partial charge on any atom is -0.490 e. The first-order valence-electron chi connectivity index (χ1n) is 7.23. The molecule has 0 spiro atoms. The Balaban J connectivity index is 1.86. The van der Waals surface area contributed by atoms with Crippen molar-refractivity contribution < 1.29 is 18.7 Å². The molecule has 2 aromatic rings. The molecular weight excluding hydrogens is 331 g/mol. The number of benzene rings is 2. The second kappa shape index (κ2) is 8.93. The van der Waals surface area contributed by atoms with Gasteiger partial charge < -0.3 is 15.8 Å². The Morgan fingerprint density at radius 1 is 1.12 bits per heavy atom. The number of thioether (sulfide) groups is 1. The van der Waals surface area contributed by atoms with E-state index in [9.17, 15) is 14.0 Å². The summed E-state index contributed by atoms with van der Waals surface area (Å²) in [7, 11) is 0. The minimum atomic E-state index is -0.467. The zero-order chi connectivity index (χ0) is 17.4. The highest BCUT2D eigenvalue weighted by molar-refractivity contribution is 8.00. The Morgan fingerprint density at radius 2 is 1.83 bits per heavy atom. The summed E-state index contributed by atoms with van der Waals surface area (Å²) in [5, 5.41) is 2.75. The number of primary amides is 1. The van der Waals surface area contributed by atoms with Crippen molar-refractivity contribution in [2.45, 2.75) is 11.3 Å². The summed E-state index contributed by atoms with van der Waals surface area (Å²) in [5.41, 5.74) is 5.73. The highest BCUT2D eigenvalue weighted by Gasteiger charge is 2.09. The first-order valence-corrected chi connectivity index (χ1v) is 8.22. The van der Waals surface area contributed by atoms with Gasteiger partial charge in [0.1, 0.15) is 0 Å². The van der Waals surface area contributed by atoms with Crippen LogP contribution in [0.5, 0.6) is 5.75 Å². The summed E-state index contributed by atoms with van der Waals surface area (Å²) in [6.07, 6.45) is 0.0726. The number of para-hydroxylation sites is 2. The second-order valence-electron chi connectivity index (χ2n) is 4.83. The van der Waals surface area contributed by atoms with Gasteiger partial charge in [0.25, 0.3) is 0 Å². The van der Waals surface area contributed by atoms with E-state index < -0.39 is 11.7 Å². The van der Waals surface area contributed by atoms with E-state index in [1.165, 1.54) is 23.9 Å². The van der Waals surface area contributed by atoms with Crippen molar-refractivity contribution in [3.63, 3.8) is 0 Å². The van der Waals surface area contributed by atoms with Gasteiger partial charge in [-0.25, -0.2) is 4.39 Å². The maximum absolute atomic E-state index is 13.4. The van der Waals surface area contributed by atoms with Gasteiger partial charge in [0.05, 0.1) is 24.5 Å². The third-order valence-corrected chi connectivity index (χ3v) is 4.05. The zero-order valence-electron chi connectivity index (χ0n) is 12.8. The van der Waals surface area contributed by atoms with Gasteiger partial charge in [-0.15, -0.1) is 11.8 Å². The first-order chi connectivity index (χ1) is 11.6. The molecule has 126 valence electrons. The highest BCUT2D eigenvalue weighted by Crippen LogP contribution is 2.26. The Labute approximate surface area is 143 Å². The molecule has 0 unspecified atom stereocenters. The van der Waals surface area contributed by atoms with Gasteiger partial charge in [-0.3, -0.25) is 9.59 Å². The topological polar surface area (TPSA) is 81.4 Å². The van der Waals surface area contributed by atoms with Crippen LogP contribution in [0, 0.1) is 5.82 Å². The van der Waals surface area contributed by atoms with Crippen LogP contribution in [0.1, 0.15) is 6.42 Å². The van der Waals surface area contributed by atoms with Gasteiger partial charge in [-0.2, -0.15) is 0 Å². The predicted molar refractivity (Wildman–Crippen MR) is 91.5 cm³/mol. The van der Waals surface area contributed by atoms with Crippen LogP contribution in [-0.2, 0) is 9.59 Å². The monoisotopic (exact) mass is 348 g/mol. The van der Waals surface area contributed by atoms with E-state index in [4.69, 9.17) is 10.5 Å². The molecule has 0 fully saturated rings. The molecular formula is C17H17FN2O3S. The van der Waals surface area contributed by atoms with E-state index in [0.29, 0.717) is 5.69 Å². The molecule has 24 heavy (non-hydrogen) atoms. The van der Waals surface area contributed by atoms with Gasteiger partial charge in [-0.05, 0) is 24.3 Å². The molecule has 2 aromatic carbocycles. The van der Waals surface area contributed by atoms with Crippen molar-refractivity contribution >= 4 is 29.3 Å². The summed E-state index contributed by atoms with van der Waals surface area (Å²) < 4.78 is 18.6. The van der Waals surface area contributed by atoms with Crippen LogP contribution < -0.4 is 15.8 Å². The van der Waals surface area contributed by atoms with Crippen molar-refractivity contribution in [3.8, 4) is 5.75 Å². The fraction of sp³-hybridized carbons (Fsp3) is 0.176. The van der Waals surface area contributed by atoms with E-state index in [-0.39, 0.29) is 30.4 Å². The van der Waals surface area contributed by atoms with Gasteiger partial charge >= 0.3 is 0 Å². The van der Waals surface area contributed by atoms with Crippen molar-refractivity contribution in [1.82, 2.24) is 0 Å². The number of ether oxygens (including phenoxy) is 1.